The van der Waals surface area contributed by atoms with Crippen LogP contribution in [-0.2, 0) is 4.74 Å². The predicted octanol–water partition coefficient (Wildman–Crippen LogP) is 2.18. The van der Waals surface area contributed by atoms with Gasteiger partial charge in [-0.1, -0.05) is 24.3 Å². The van der Waals surface area contributed by atoms with Crippen molar-refractivity contribution < 1.29 is 4.74 Å². The third-order valence-corrected chi connectivity index (χ3v) is 4.20. The largest absolute Gasteiger partial charge is 0.381 e. The maximum atomic E-state index is 5.97. The summed E-state index contributed by atoms with van der Waals surface area (Å²) in [4.78, 5) is 6.95. The van der Waals surface area contributed by atoms with Crippen LogP contribution in [0.25, 0.3) is 10.8 Å². The highest BCUT2D eigenvalue weighted by Crippen LogP contribution is 2.29. The van der Waals surface area contributed by atoms with Crippen molar-refractivity contribution in [1.29, 1.82) is 0 Å². The van der Waals surface area contributed by atoms with Crippen LogP contribution in [0.1, 0.15) is 12.8 Å². The summed E-state index contributed by atoms with van der Waals surface area (Å²) >= 11 is 0. The third kappa shape index (κ3) is 2.37. The molecule has 1 aromatic carbocycles. The van der Waals surface area contributed by atoms with Gasteiger partial charge in [-0.05, 0) is 24.3 Å². The number of nitrogens with two attached hydrogens (primary N) is 1. The van der Waals surface area contributed by atoms with Gasteiger partial charge in [0, 0.05) is 37.8 Å². The molecule has 4 heteroatoms. The van der Waals surface area contributed by atoms with E-state index in [9.17, 15) is 0 Å². The molecule has 2 N–H and O–H groups in total. The van der Waals surface area contributed by atoms with Crippen molar-refractivity contribution in [2.24, 2.45) is 5.73 Å². The van der Waals surface area contributed by atoms with Crippen LogP contribution in [0, 0.1) is 0 Å². The first kappa shape index (κ1) is 13.3. The summed E-state index contributed by atoms with van der Waals surface area (Å²) in [6, 6.07) is 10.7. The number of benzene rings is 1. The molecule has 2 unspecified atom stereocenters. The number of piperidine rings is 1. The first-order chi connectivity index (χ1) is 9.83. The zero-order chi connectivity index (χ0) is 13.9. The van der Waals surface area contributed by atoms with Crippen LogP contribution >= 0.6 is 0 Å². The molecule has 1 aliphatic rings. The van der Waals surface area contributed by atoms with Gasteiger partial charge in [0.2, 0.25) is 0 Å². The number of rotatable bonds is 3. The minimum absolute atomic E-state index is 0.298. The van der Waals surface area contributed by atoms with Gasteiger partial charge in [0.05, 0.1) is 6.10 Å². The Morgan fingerprint density at radius 2 is 2.20 bits per heavy atom. The molecular formula is C16H21N3O. The SMILES string of the molecule is COC1CCN(c2nccc3ccccc23)C(CN)C1. The highest BCUT2D eigenvalue weighted by molar-refractivity contribution is 5.92. The van der Waals surface area contributed by atoms with Crippen LogP contribution in [0.15, 0.2) is 36.5 Å². The number of fused-ring (bicyclic) bond motifs is 1. The van der Waals surface area contributed by atoms with Crippen molar-refractivity contribution in [2.45, 2.75) is 25.0 Å². The van der Waals surface area contributed by atoms with Crippen LogP contribution in [0.5, 0.6) is 0 Å². The molecular weight excluding hydrogens is 250 g/mol. The van der Waals surface area contributed by atoms with Crippen LogP contribution in [0.4, 0.5) is 5.82 Å². The molecule has 1 fully saturated rings. The van der Waals surface area contributed by atoms with Gasteiger partial charge in [-0.3, -0.25) is 0 Å². The average molecular weight is 271 g/mol. The van der Waals surface area contributed by atoms with Gasteiger partial charge in [0.15, 0.2) is 0 Å². The second-order valence-electron chi connectivity index (χ2n) is 5.32. The lowest BCUT2D eigenvalue weighted by atomic mass is 9.98. The van der Waals surface area contributed by atoms with Crippen LogP contribution in [0.2, 0.25) is 0 Å². The summed E-state index contributed by atoms with van der Waals surface area (Å²) in [7, 11) is 1.78. The molecule has 2 heterocycles. The lowest BCUT2D eigenvalue weighted by Gasteiger charge is -2.39. The molecule has 106 valence electrons. The lowest BCUT2D eigenvalue weighted by Crippen LogP contribution is -2.49. The van der Waals surface area contributed by atoms with E-state index < -0.39 is 0 Å². The Morgan fingerprint density at radius 3 is 3.00 bits per heavy atom. The van der Waals surface area contributed by atoms with E-state index in [-0.39, 0.29) is 0 Å². The van der Waals surface area contributed by atoms with E-state index in [1.807, 2.05) is 6.20 Å². The number of nitrogens with zero attached hydrogens (tertiary/aromatic N) is 2. The average Bonchev–Trinajstić information content (AvgIpc) is 2.53. The number of methoxy groups -OCH3 is 1. The number of anilines is 1. The standard InChI is InChI=1S/C16H21N3O/c1-20-14-7-9-19(13(10-14)11-17)16-15-5-3-2-4-12(15)6-8-18-16/h2-6,8,13-14H,7,9-11,17H2,1H3. The summed E-state index contributed by atoms with van der Waals surface area (Å²) in [6.07, 6.45) is 4.19. The van der Waals surface area contributed by atoms with Crippen LogP contribution in [-0.4, -0.2) is 37.3 Å². The van der Waals surface area contributed by atoms with E-state index in [1.165, 1.54) is 10.8 Å². The van der Waals surface area contributed by atoms with Crippen molar-refractivity contribution in [3.05, 3.63) is 36.5 Å². The molecule has 2 aromatic rings. The molecule has 0 radical (unpaired) electrons. The number of hydrogen-bond acceptors (Lipinski definition) is 4. The zero-order valence-electron chi connectivity index (χ0n) is 11.8. The Balaban J connectivity index is 1.97. The summed E-state index contributed by atoms with van der Waals surface area (Å²) in [5.74, 6) is 1.05. The summed E-state index contributed by atoms with van der Waals surface area (Å²) in [6.45, 7) is 1.58. The normalized spacial score (nSPS) is 23.2. The van der Waals surface area contributed by atoms with Crippen molar-refractivity contribution in [3.8, 4) is 0 Å². The molecule has 0 bridgehead atoms. The van der Waals surface area contributed by atoms with E-state index in [0.717, 1.165) is 25.2 Å². The molecule has 3 rings (SSSR count). The Morgan fingerprint density at radius 1 is 1.35 bits per heavy atom. The van der Waals surface area contributed by atoms with Crippen molar-refractivity contribution in [3.63, 3.8) is 0 Å². The van der Waals surface area contributed by atoms with Gasteiger partial charge in [-0.15, -0.1) is 0 Å². The van der Waals surface area contributed by atoms with Crippen molar-refractivity contribution >= 4 is 16.6 Å². The molecule has 1 aromatic heterocycles. The van der Waals surface area contributed by atoms with Gasteiger partial charge in [0.25, 0.3) is 0 Å². The second-order valence-corrected chi connectivity index (χ2v) is 5.32. The smallest absolute Gasteiger partial charge is 0.136 e. The number of pyridine rings is 1. The molecule has 0 saturated carbocycles. The fraction of sp³-hybridized carbons (Fsp3) is 0.438. The van der Waals surface area contributed by atoms with Gasteiger partial charge in [0.1, 0.15) is 5.82 Å². The molecule has 0 amide bonds. The van der Waals surface area contributed by atoms with Gasteiger partial charge < -0.3 is 15.4 Å². The van der Waals surface area contributed by atoms with E-state index in [1.54, 1.807) is 7.11 Å². The number of hydrogen-bond donors (Lipinski definition) is 1. The first-order valence-electron chi connectivity index (χ1n) is 7.16. The Labute approximate surface area is 119 Å². The van der Waals surface area contributed by atoms with E-state index >= 15 is 0 Å². The minimum atomic E-state index is 0.298. The molecule has 0 aliphatic carbocycles. The Hall–Kier alpha value is -1.65. The quantitative estimate of drug-likeness (QED) is 0.929. The fourth-order valence-corrected chi connectivity index (χ4v) is 3.06. The number of aromatic nitrogens is 1. The molecule has 2 atom stereocenters. The first-order valence-corrected chi connectivity index (χ1v) is 7.16. The van der Waals surface area contributed by atoms with Crippen LogP contribution in [0.3, 0.4) is 0 Å². The lowest BCUT2D eigenvalue weighted by molar-refractivity contribution is 0.0708. The minimum Gasteiger partial charge on any atom is -0.381 e. The predicted molar refractivity (Wildman–Crippen MR) is 82.0 cm³/mol. The van der Waals surface area contributed by atoms with Gasteiger partial charge >= 0.3 is 0 Å². The van der Waals surface area contributed by atoms with Crippen molar-refractivity contribution in [1.82, 2.24) is 4.98 Å². The van der Waals surface area contributed by atoms with E-state index in [4.69, 9.17) is 10.5 Å². The second kappa shape index (κ2) is 5.77. The molecule has 4 nitrogen and oxygen atoms in total. The summed E-state index contributed by atoms with van der Waals surface area (Å²) in [5, 5.41) is 2.42. The maximum absolute atomic E-state index is 5.97. The highest BCUT2D eigenvalue weighted by atomic mass is 16.5. The topological polar surface area (TPSA) is 51.4 Å². The highest BCUT2D eigenvalue weighted by Gasteiger charge is 2.29. The molecule has 0 spiro atoms. The van der Waals surface area contributed by atoms with Crippen molar-refractivity contribution in [2.75, 3.05) is 25.1 Å². The maximum Gasteiger partial charge on any atom is 0.136 e. The molecule has 1 saturated heterocycles. The summed E-state index contributed by atoms with van der Waals surface area (Å²) < 4.78 is 5.49. The number of ether oxygens (including phenoxy) is 1. The van der Waals surface area contributed by atoms with Gasteiger partial charge in [-0.25, -0.2) is 4.98 Å². The van der Waals surface area contributed by atoms with E-state index in [2.05, 4.69) is 40.2 Å². The van der Waals surface area contributed by atoms with E-state index in [0.29, 0.717) is 18.7 Å². The Kier molecular flexibility index (Phi) is 3.85. The fourth-order valence-electron chi connectivity index (χ4n) is 3.06. The summed E-state index contributed by atoms with van der Waals surface area (Å²) in [5.41, 5.74) is 5.97. The molecule has 1 aliphatic heterocycles. The molecule has 20 heavy (non-hydrogen) atoms. The third-order valence-electron chi connectivity index (χ3n) is 4.20. The zero-order valence-corrected chi connectivity index (χ0v) is 11.8. The Bertz CT molecular complexity index is 581. The van der Waals surface area contributed by atoms with Gasteiger partial charge in [-0.2, -0.15) is 0 Å². The monoisotopic (exact) mass is 271 g/mol. The van der Waals surface area contributed by atoms with Crippen LogP contribution < -0.4 is 10.6 Å².